The fraction of sp³-hybridized carbons (Fsp3) is 0.0769. The van der Waals surface area contributed by atoms with Crippen molar-refractivity contribution >= 4 is 40.9 Å². The molecule has 0 amide bonds. The van der Waals surface area contributed by atoms with Gasteiger partial charge < -0.3 is 9.47 Å². The summed E-state index contributed by atoms with van der Waals surface area (Å²) in [7, 11) is 3.29. The van der Waals surface area contributed by atoms with E-state index in [0.717, 1.165) is 33.5 Å². The maximum atomic E-state index is 5.23. The normalized spacial score (nSPS) is 11.7. The molecule has 0 atom stereocenters. The second-order valence-corrected chi connectivity index (χ2v) is 7.27. The number of rotatable bonds is 6. The van der Waals surface area contributed by atoms with Gasteiger partial charge in [-0.05, 0) is 65.7 Å². The highest BCUT2D eigenvalue weighted by Crippen LogP contribution is 2.22. The summed E-state index contributed by atoms with van der Waals surface area (Å²) in [6.07, 6.45) is 5.64. The lowest BCUT2D eigenvalue weighted by molar-refractivity contribution is 0.414. The second-order valence-electron chi connectivity index (χ2n) is 7.27. The third-order valence-electron chi connectivity index (χ3n) is 5.18. The zero-order valence-corrected chi connectivity index (χ0v) is 18.2. The number of para-hydroxylation sites is 1. The largest absolute Gasteiger partial charge is 0.497 e. The number of hydrogen-bond donors (Lipinski definition) is 0. The Hall–Kier alpha value is -4.52. The second kappa shape index (κ2) is 8.92. The first-order chi connectivity index (χ1) is 16.2. The van der Waals surface area contributed by atoms with Gasteiger partial charge in [0.1, 0.15) is 11.5 Å². The van der Waals surface area contributed by atoms with Crippen LogP contribution in [-0.2, 0) is 0 Å². The smallest absolute Gasteiger partial charge is 0.269 e. The molecule has 5 rings (SSSR count). The molecular formula is C26H21N5O2. The summed E-state index contributed by atoms with van der Waals surface area (Å²) in [4.78, 5) is 13.9. The van der Waals surface area contributed by atoms with Gasteiger partial charge in [-0.2, -0.15) is 9.50 Å². The van der Waals surface area contributed by atoms with E-state index in [1.807, 2.05) is 84.9 Å². The van der Waals surface area contributed by atoms with Crippen LogP contribution in [0, 0.1) is 0 Å². The molecule has 0 aliphatic heterocycles. The molecule has 0 radical (unpaired) electrons. The SMILES string of the molecule is COc1ccc(C=Cc2nc3ccccc3c3nc(N=Cc4ccc(OC)cc4)nn23)cc1. The quantitative estimate of drug-likeness (QED) is 0.342. The lowest BCUT2D eigenvalue weighted by Crippen LogP contribution is -1.98. The molecule has 0 bridgehead atoms. The Morgan fingerprint density at radius 3 is 2.12 bits per heavy atom. The van der Waals surface area contributed by atoms with Crippen LogP contribution in [0.1, 0.15) is 17.0 Å². The van der Waals surface area contributed by atoms with Crippen LogP contribution in [-0.4, -0.2) is 40.0 Å². The number of aromatic nitrogens is 4. The van der Waals surface area contributed by atoms with Crippen molar-refractivity contribution in [2.75, 3.05) is 14.2 Å². The van der Waals surface area contributed by atoms with Gasteiger partial charge in [-0.15, -0.1) is 5.10 Å². The predicted octanol–water partition coefficient (Wildman–Crippen LogP) is 5.22. The van der Waals surface area contributed by atoms with Crippen LogP contribution in [0.5, 0.6) is 11.5 Å². The first-order valence-corrected chi connectivity index (χ1v) is 10.4. The Kier molecular flexibility index (Phi) is 5.51. The van der Waals surface area contributed by atoms with E-state index in [-0.39, 0.29) is 0 Å². The lowest BCUT2D eigenvalue weighted by Gasteiger charge is -2.03. The van der Waals surface area contributed by atoms with Gasteiger partial charge in [0.15, 0.2) is 11.5 Å². The van der Waals surface area contributed by atoms with Crippen LogP contribution < -0.4 is 9.47 Å². The molecule has 0 aliphatic rings. The molecule has 5 aromatic rings. The average molecular weight is 435 g/mol. The van der Waals surface area contributed by atoms with E-state index in [1.165, 1.54) is 0 Å². The van der Waals surface area contributed by atoms with E-state index in [1.54, 1.807) is 24.9 Å². The Bertz CT molecular complexity index is 1470. The fourth-order valence-electron chi connectivity index (χ4n) is 3.44. The molecule has 0 fully saturated rings. The average Bonchev–Trinajstić information content (AvgIpc) is 3.31. The first-order valence-electron chi connectivity index (χ1n) is 10.4. The molecule has 7 heteroatoms. The Balaban J connectivity index is 1.54. The number of ether oxygens (including phenoxy) is 2. The van der Waals surface area contributed by atoms with Gasteiger partial charge >= 0.3 is 0 Å². The first kappa shape index (κ1) is 20.4. The molecule has 33 heavy (non-hydrogen) atoms. The highest BCUT2D eigenvalue weighted by Gasteiger charge is 2.11. The summed E-state index contributed by atoms with van der Waals surface area (Å²) in [6, 6.07) is 23.3. The molecule has 0 spiro atoms. The van der Waals surface area contributed by atoms with E-state index < -0.39 is 0 Å². The standard InChI is InChI=1S/C26H21N5O2/c1-32-20-12-7-18(8-13-20)11-16-24-28-23-6-4-3-5-22(23)25-29-26(30-31(24)25)27-17-19-9-14-21(33-2)15-10-19/h3-17H,1-2H3. The monoisotopic (exact) mass is 435 g/mol. The summed E-state index contributed by atoms with van der Waals surface area (Å²) < 4.78 is 12.2. The minimum Gasteiger partial charge on any atom is -0.497 e. The van der Waals surface area contributed by atoms with Crippen molar-refractivity contribution in [1.29, 1.82) is 0 Å². The van der Waals surface area contributed by atoms with Crippen LogP contribution >= 0.6 is 0 Å². The van der Waals surface area contributed by atoms with Gasteiger partial charge in [-0.1, -0.05) is 30.3 Å². The topological polar surface area (TPSA) is 73.9 Å². The van der Waals surface area contributed by atoms with Gasteiger partial charge in [0.05, 0.1) is 19.7 Å². The Morgan fingerprint density at radius 1 is 0.758 bits per heavy atom. The molecule has 0 saturated heterocycles. The molecule has 162 valence electrons. The van der Waals surface area contributed by atoms with Crippen LogP contribution in [0.25, 0.3) is 28.7 Å². The van der Waals surface area contributed by atoms with Gasteiger partial charge in [0.2, 0.25) is 0 Å². The van der Waals surface area contributed by atoms with Crippen molar-refractivity contribution in [2.24, 2.45) is 4.99 Å². The van der Waals surface area contributed by atoms with Crippen molar-refractivity contribution in [3.8, 4) is 11.5 Å². The van der Waals surface area contributed by atoms with Gasteiger partial charge in [-0.25, -0.2) is 9.98 Å². The zero-order chi connectivity index (χ0) is 22.6. The van der Waals surface area contributed by atoms with Crippen molar-refractivity contribution in [2.45, 2.75) is 0 Å². The maximum absolute atomic E-state index is 5.23. The van der Waals surface area contributed by atoms with Crippen LogP contribution in [0.15, 0.2) is 77.8 Å². The third-order valence-corrected chi connectivity index (χ3v) is 5.18. The molecule has 2 heterocycles. The summed E-state index contributed by atoms with van der Waals surface area (Å²) in [5, 5.41) is 5.51. The zero-order valence-electron chi connectivity index (χ0n) is 18.2. The molecule has 2 aromatic heterocycles. The van der Waals surface area contributed by atoms with Crippen molar-refractivity contribution in [1.82, 2.24) is 19.6 Å². The summed E-state index contributed by atoms with van der Waals surface area (Å²) in [6.45, 7) is 0. The molecule has 0 N–H and O–H groups in total. The van der Waals surface area contributed by atoms with Crippen molar-refractivity contribution < 1.29 is 9.47 Å². The van der Waals surface area contributed by atoms with E-state index in [0.29, 0.717) is 17.4 Å². The van der Waals surface area contributed by atoms with E-state index in [9.17, 15) is 0 Å². The Morgan fingerprint density at radius 2 is 1.42 bits per heavy atom. The third kappa shape index (κ3) is 4.29. The van der Waals surface area contributed by atoms with Crippen LogP contribution in [0.4, 0.5) is 5.95 Å². The van der Waals surface area contributed by atoms with E-state index in [2.05, 4.69) is 15.1 Å². The molecule has 7 nitrogen and oxygen atoms in total. The fourth-order valence-corrected chi connectivity index (χ4v) is 3.44. The van der Waals surface area contributed by atoms with E-state index >= 15 is 0 Å². The number of nitrogens with zero attached hydrogens (tertiary/aromatic N) is 5. The molecule has 3 aromatic carbocycles. The summed E-state index contributed by atoms with van der Waals surface area (Å²) >= 11 is 0. The number of methoxy groups -OCH3 is 2. The number of aliphatic imine (C=N–C) groups is 1. The summed E-state index contributed by atoms with van der Waals surface area (Å²) in [5.41, 5.74) is 3.50. The number of fused-ring (bicyclic) bond motifs is 3. The van der Waals surface area contributed by atoms with Gasteiger partial charge in [0, 0.05) is 11.6 Å². The highest BCUT2D eigenvalue weighted by molar-refractivity contribution is 5.92. The molecule has 0 unspecified atom stereocenters. The van der Waals surface area contributed by atoms with Crippen molar-refractivity contribution in [3.05, 3.63) is 89.7 Å². The van der Waals surface area contributed by atoms with Crippen LogP contribution in [0.3, 0.4) is 0 Å². The minimum atomic E-state index is 0.364. The van der Waals surface area contributed by atoms with Crippen LogP contribution in [0.2, 0.25) is 0 Å². The molecule has 0 aliphatic carbocycles. The van der Waals surface area contributed by atoms with E-state index in [4.69, 9.17) is 14.5 Å². The highest BCUT2D eigenvalue weighted by atomic mass is 16.5. The molecule has 0 saturated carbocycles. The minimum absolute atomic E-state index is 0.364. The van der Waals surface area contributed by atoms with Crippen molar-refractivity contribution in [3.63, 3.8) is 0 Å². The van der Waals surface area contributed by atoms with Gasteiger partial charge in [0.25, 0.3) is 5.95 Å². The Labute approximate surface area is 190 Å². The number of hydrogen-bond acceptors (Lipinski definition) is 6. The molecular weight excluding hydrogens is 414 g/mol. The number of benzene rings is 3. The van der Waals surface area contributed by atoms with Gasteiger partial charge in [-0.3, -0.25) is 0 Å². The predicted molar refractivity (Wildman–Crippen MR) is 130 cm³/mol. The summed E-state index contributed by atoms with van der Waals surface area (Å²) in [5.74, 6) is 2.64. The maximum Gasteiger partial charge on any atom is 0.269 e. The lowest BCUT2D eigenvalue weighted by atomic mass is 10.2.